The van der Waals surface area contributed by atoms with Gasteiger partial charge in [0.05, 0.1) is 17.9 Å². The van der Waals surface area contributed by atoms with E-state index in [2.05, 4.69) is 29.6 Å². The molecule has 2 saturated heterocycles. The molecule has 2 heterocycles. The molecule has 1 N–H and O–H groups in total. The minimum atomic E-state index is -0.840. The van der Waals surface area contributed by atoms with Crippen LogP contribution in [0, 0.1) is 11.8 Å². The van der Waals surface area contributed by atoms with Gasteiger partial charge in [0.15, 0.2) is 0 Å². The summed E-state index contributed by atoms with van der Waals surface area (Å²) < 4.78 is 5.57. The van der Waals surface area contributed by atoms with Gasteiger partial charge in [0.1, 0.15) is 6.04 Å². The van der Waals surface area contributed by atoms with E-state index in [1.54, 1.807) is 6.92 Å². The molecule has 0 aromatic heterocycles. The molecule has 3 amide bonds. The topological polar surface area (TPSA) is 75.7 Å². The predicted octanol–water partition coefficient (Wildman–Crippen LogP) is 2.56. The van der Waals surface area contributed by atoms with E-state index in [4.69, 9.17) is 4.74 Å². The van der Waals surface area contributed by atoms with Gasteiger partial charge in [-0.1, -0.05) is 48.5 Å². The van der Waals surface area contributed by atoms with Crippen molar-refractivity contribution in [3.63, 3.8) is 0 Å². The quantitative estimate of drug-likeness (QED) is 0.757. The monoisotopic (exact) mass is 430 g/mol. The third-order valence-corrected chi connectivity index (χ3v) is 7.78. The van der Waals surface area contributed by atoms with Crippen LogP contribution in [0.1, 0.15) is 53.9 Å². The lowest BCUT2D eigenvalue weighted by Crippen LogP contribution is -2.49. The van der Waals surface area contributed by atoms with Gasteiger partial charge in [0.2, 0.25) is 17.7 Å². The summed E-state index contributed by atoms with van der Waals surface area (Å²) in [6.07, 6.45) is 1.92. The van der Waals surface area contributed by atoms with Crippen molar-refractivity contribution in [2.24, 2.45) is 11.8 Å². The van der Waals surface area contributed by atoms with Gasteiger partial charge in [0, 0.05) is 25.0 Å². The van der Waals surface area contributed by atoms with Crippen LogP contribution in [0.3, 0.4) is 0 Å². The lowest BCUT2D eigenvalue weighted by atomic mass is 9.55. The number of benzene rings is 2. The molecule has 5 aliphatic rings. The van der Waals surface area contributed by atoms with Crippen LogP contribution in [0.15, 0.2) is 48.5 Å². The van der Waals surface area contributed by atoms with Gasteiger partial charge < -0.3 is 10.1 Å². The Balaban J connectivity index is 1.33. The Morgan fingerprint density at radius 1 is 0.969 bits per heavy atom. The summed E-state index contributed by atoms with van der Waals surface area (Å²) in [6, 6.07) is 15.5. The molecule has 32 heavy (non-hydrogen) atoms. The van der Waals surface area contributed by atoms with Crippen LogP contribution in [-0.2, 0) is 19.1 Å². The number of carbonyl (C=O) groups is 3. The second-order valence-electron chi connectivity index (χ2n) is 9.37. The fraction of sp³-hybridized carbons (Fsp3) is 0.423. The summed E-state index contributed by atoms with van der Waals surface area (Å²) in [5, 5.41) is 2.89. The van der Waals surface area contributed by atoms with Crippen molar-refractivity contribution in [2.45, 2.75) is 43.7 Å². The van der Waals surface area contributed by atoms with Crippen LogP contribution in [-0.4, -0.2) is 47.9 Å². The van der Waals surface area contributed by atoms with Gasteiger partial charge in [0.25, 0.3) is 0 Å². The molecule has 2 fully saturated rings. The number of carbonyl (C=O) groups excluding carboxylic acids is 3. The fourth-order valence-corrected chi connectivity index (χ4v) is 6.37. The first-order chi connectivity index (χ1) is 15.6. The van der Waals surface area contributed by atoms with Gasteiger partial charge in [-0.2, -0.15) is 0 Å². The summed E-state index contributed by atoms with van der Waals surface area (Å²) >= 11 is 0. The SMILES string of the molecule is C[C@H](C(=O)NC[C@@H]1CCCO1)N1C(=O)[C@H]2C3c4ccccc4C(c4ccccc43)[C@@H]2C1=O. The molecule has 0 saturated carbocycles. The van der Waals surface area contributed by atoms with Gasteiger partial charge >= 0.3 is 0 Å². The first kappa shape index (κ1) is 19.7. The van der Waals surface area contributed by atoms with Crippen molar-refractivity contribution >= 4 is 17.7 Å². The number of rotatable bonds is 4. The molecule has 2 aliphatic heterocycles. The molecule has 6 heteroatoms. The molecule has 2 aromatic rings. The predicted molar refractivity (Wildman–Crippen MR) is 117 cm³/mol. The number of amides is 3. The number of nitrogens with zero attached hydrogens (tertiary/aromatic N) is 1. The Morgan fingerprint density at radius 2 is 1.47 bits per heavy atom. The van der Waals surface area contributed by atoms with Crippen molar-refractivity contribution in [3.8, 4) is 0 Å². The highest BCUT2D eigenvalue weighted by molar-refractivity contribution is 6.10. The standard InChI is InChI=1S/C26H26N2O4/c1-14(24(29)27-13-15-7-6-12-32-15)28-25(30)22-20-16-8-2-3-9-17(16)21(23(22)26(28)31)19-11-5-4-10-18(19)20/h2-5,8-11,14-15,20-23H,6-7,12-13H2,1H3,(H,27,29)/t14-,15+,20?,21?,22+,23+/m1/s1. The molecule has 0 unspecified atom stereocenters. The van der Waals surface area contributed by atoms with Crippen LogP contribution in [0.2, 0.25) is 0 Å². The zero-order valence-electron chi connectivity index (χ0n) is 18.0. The molecule has 2 aromatic carbocycles. The number of likely N-dealkylation sites (tertiary alicyclic amines) is 1. The van der Waals surface area contributed by atoms with Crippen LogP contribution in [0.25, 0.3) is 0 Å². The summed E-state index contributed by atoms with van der Waals surface area (Å²) in [5.74, 6) is -1.96. The van der Waals surface area contributed by atoms with Crippen molar-refractivity contribution < 1.29 is 19.1 Å². The number of hydrogen-bond acceptors (Lipinski definition) is 4. The summed E-state index contributed by atoms with van der Waals surface area (Å²) in [7, 11) is 0. The van der Waals surface area contributed by atoms with Crippen molar-refractivity contribution in [1.29, 1.82) is 0 Å². The van der Waals surface area contributed by atoms with Crippen molar-refractivity contribution in [2.75, 3.05) is 13.2 Å². The first-order valence-corrected chi connectivity index (χ1v) is 11.5. The summed E-state index contributed by atoms with van der Waals surface area (Å²) in [6.45, 7) is 2.78. The minimum absolute atomic E-state index is 0.0126. The van der Waals surface area contributed by atoms with Crippen molar-refractivity contribution in [3.05, 3.63) is 70.8 Å². The molecule has 7 rings (SSSR count). The van der Waals surface area contributed by atoms with E-state index in [1.807, 2.05) is 24.3 Å². The van der Waals surface area contributed by atoms with Gasteiger partial charge in [-0.3, -0.25) is 19.3 Å². The molecule has 2 bridgehead atoms. The normalized spacial score (nSPS) is 30.7. The highest BCUT2D eigenvalue weighted by Crippen LogP contribution is 2.61. The van der Waals surface area contributed by atoms with E-state index < -0.39 is 17.9 Å². The van der Waals surface area contributed by atoms with Gasteiger partial charge in [-0.25, -0.2) is 0 Å². The smallest absolute Gasteiger partial charge is 0.243 e. The maximum absolute atomic E-state index is 13.7. The third kappa shape index (κ3) is 2.65. The molecule has 0 spiro atoms. The maximum Gasteiger partial charge on any atom is 0.243 e. The lowest BCUT2D eigenvalue weighted by Gasteiger charge is -2.45. The highest BCUT2D eigenvalue weighted by atomic mass is 16.5. The summed E-state index contributed by atoms with van der Waals surface area (Å²) in [5.41, 5.74) is 4.54. The Bertz CT molecular complexity index is 1010. The van der Waals surface area contributed by atoms with E-state index in [9.17, 15) is 14.4 Å². The van der Waals surface area contributed by atoms with E-state index >= 15 is 0 Å². The Kier molecular flexibility index (Phi) is 4.47. The van der Waals surface area contributed by atoms with E-state index in [1.165, 1.54) is 4.90 Å². The highest BCUT2D eigenvalue weighted by Gasteiger charge is 2.62. The van der Waals surface area contributed by atoms with E-state index in [0.29, 0.717) is 13.2 Å². The number of ether oxygens (including phenoxy) is 1. The maximum atomic E-state index is 13.7. The van der Waals surface area contributed by atoms with E-state index in [0.717, 1.165) is 35.1 Å². The van der Waals surface area contributed by atoms with Crippen molar-refractivity contribution in [1.82, 2.24) is 10.2 Å². The van der Waals surface area contributed by atoms with Gasteiger partial charge in [-0.15, -0.1) is 0 Å². The number of nitrogens with one attached hydrogen (secondary N) is 1. The van der Waals surface area contributed by atoms with Crippen LogP contribution >= 0.6 is 0 Å². The second kappa shape index (κ2) is 7.27. The largest absolute Gasteiger partial charge is 0.376 e. The van der Waals surface area contributed by atoms with Crippen LogP contribution in [0.5, 0.6) is 0 Å². The fourth-order valence-electron chi connectivity index (χ4n) is 6.37. The molecular formula is C26H26N2O4. The minimum Gasteiger partial charge on any atom is -0.376 e. The molecule has 4 atom stereocenters. The third-order valence-electron chi connectivity index (χ3n) is 7.78. The van der Waals surface area contributed by atoms with Crippen LogP contribution < -0.4 is 5.32 Å². The Labute approximate surface area is 186 Å². The van der Waals surface area contributed by atoms with E-state index in [-0.39, 0.29) is 35.7 Å². The molecule has 6 nitrogen and oxygen atoms in total. The summed E-state index contributed by atoms with van der Waals surface area (Å²) in [4.78, 5) is 41.5. The molecular weight excluding hydrogens is 404 g/mol. The second-order valence-corrected chi connectivity index (χ2v) is 9.37. The Morgan fingerprint density at radius 3 is 1.91 bits per heavy atom. The molecule has 164 valence electrons. The zero-order valence-corrected chi connectivity index (χ0v) is 18.0. The van der Waals surface area contributed by atoms with Crippen LogP contribution in [0.4, 0.5) is 0 Å². The number of hydrogen-bond donors (Lipinski definition) is 1. The molecule has 0 radical (unpaired) electrons. The number of imide groups is 1. The average molecular weight is 431 g/mol. The Hall–Kier alpha value is -2.99. The first-order valence-electron chi connectivity index (χ1n) is 11.5. The molecule has 3 aliphatic carbocycles. The van der Waals surface area contributed by atoms with Gasteiger partial charge in [-0.05, 0) is 42.0 Å². The zero-order chi connectivity index (χ0) is 22.0. The lowest BCUT2D eigenvalue weighted by molar-refractivity contribution is -0.147. The average Bonchev–Trinajstić information content (AvgIpc) is 3.44.